The number of hydrogen-bond donors (Lipinski definition) is 2. The maximum atomic E-state index is 11.5. The van der Waals surface area contributed by atoms with Crippen LogP contribution in [0.3, 0.4) is 0 Å². The Hall–Kier alpha value is -1.63. The van der Waals surface area contributed by atoms with Crippen molar-refractivity contribution >= 4 is 11.7 Å². The molecule has 17 heavy (non-hydrogen) atoms. The first-order chi connectivity index (χ1) is 8.19. The first kappa shape index (κ1) is 13.4. The maximum Gasteiger partial charge on any atom is 0.277 e. The number of nitrogens with zero attached hydrogens (tertiary/aromatic N) is 3. The maximum absolute atomic E-state index is 11.5. The predicted octanol–water partition coefficient (Wildman–Crippen LogP) is 0.114. The monoisotopic (exact) mass is 241 g/mol. The minimum absolute atomic E-state index is 0.0197. The molecule has 7 heteroatoms. The van der Waals surface area contributed by atoms with E-state index in [-0.39, 0.29) is 17.4 Å². The number of nitrogens with two attached hydrogens (primary N) is 1. The van der Waals surface area contributed by atoms with Crippen molar-refractivity contribution in [2.75, 3.05) is 31.9 Å². The van der Waals surface area contributed by atoms with Crippen LogP contribution in [0.4, 0.5) is 5.82 Å². The quantitative estimate of drug-likeness (QED) is 0.658. The van der Waals surface area contributed by atoms with E-state index in [1.54, 1.807) is 0 Å². The van der Waals surface area contributed by atoms with E-state index in [9.17, 15) is 4.79 Å². The van der Waals surface area contributed by atoms with Crippen molar-refractivity contribution in [1.29, 1.82) is 0 Å². The zero-order chi connectivity index (χ0) is 12.7. The molecule has 0 radical (unpaired) electrons. The van der Waals surface area contributed by atoms with E-state index in [0.29, 0.717) is 6.54 Å². The smallest absolute Gasteiger partial charge is 0.277 e. The lowest BCUT2D eigenvalue weighted by molar-refractivity contribution is 0.0942. The van der Waals surface area contributed by atoms with Gasteiger partial charge < -0.3 is 16.0 Å². The number of anilines is 1. The van der Waals surface area contributed by atoms with Crippen LogP contribution in [0, 0.1) is 0 Å². The molecule has 1 heterocycles. The summed E-state index contributed by atoms with van der Waals surface area (Å²) in [7, 11) is 0. The topological polar surface area (TPSA) is 97.3 Å². The van der Waals surface area contributed by atoms with Crippen LogP contribution >= 0.6 is 0 Å². The number of rotatable bonds is 7. The van der Waals surface area contributed by atoms with E-state index >= 15 is 0 Å². The van der Waals surface area contributed by atoms with E-state index < -0.39 is 0 Å². The standard InChI is InChI=1S/C10H19N5O2/c1-3-15(4-2)7-5-6-12-10(16)8-9(11)14-17-13-8/h3-7H2,1-2H3,(H2,11,14)(H,12,16). The summed E-state index contributed by atoms with van der Waals surface area (Å²) in [5.74, 6) is -0.325. The number of nitrogens with one attached hydrogen (secondary N) is 1. The second kappa shape index (κ2) is 6.85. The molecule has 0 bridgehead atoms. The van der Waals surface area contributed by atoms with Crippen LogP contribution in [0.15, 0.2) is 4.63 Å². The molecule has 0 fully saturated rings. The molecule has 0 aromatic carbocycles. The van der Waals surface area contributed by atoms with Crippen molar-refractivity contribution in [1.82, 2.24) is 20.5 Å². The van der Waals surface area contributed by atoms with Gasteiger partial charge in [0.05, 0.1) is 0 Å². The molecule has 0 spiro atoms. The highest BCUT2D eigenvalue weighted by molar-refractivity contribution is 5.95. The first-order valence-electron chi connectivity index (χ1n) is 5.77. The van der Waals surface area contributed by atoms with Gasteiger partial charge in [0, 0.05) is 6.54 Å². The number of amides is 1. The fraction of sp³-hybridized carbons (Fsp3) is 0.700. The lowest BCUT2D eigenvalue weighted by Gasteiger charge is -2.17. The molecule has 1 amide bonds. The van der Waals surface area contributed by atoms with Gasteiger partial charge in [-0.2, -0.15) is 0 Å². The highest BCUT2D eigenvalue weighted by Crippen LogP contribution is 2.02. The highest BCUT2D eigenvalue weighted by Gasteiger charge is 2.14. The Morgan fingerprint density at radius 2 is 2.12 bits per heavy atom. The van der Waals surface area contributed by atoms with Gasteiger partial charge >= 0.3 is 0 Å². The molecule has 0 atom stereocenters. The SMILES string of the molecule is CCN(CC)CCCNC(=O)c1nonc1N. The van der Waals surface area contributed by atoms with Gasteiger partial charge in [0.2, 0.25) is 11.5 Å². The second-order valence-corrected chi connectivity index (χ2v) is 3.63. The summed E-state index contributed by atoms with van der Waals surface area (Å²) in [6, 6.07) is 0. The molecule has 0 aliphatic rings. The average Bonchev–Trinajstić information content (AvgIpc) is 2.75. The van der Waals surface area contributed by atoms with Crippen LogP contribution in [0.1, 0.15) is 30.8 Å². The first-order valence-corrected chi connectivity index (χ1v) is 5.77. The zero-order valence-electron chi connectivity index (χ0n) is 10.3. The summed E-state index contributed by atoms with van der Waals surface area (Å²) in [5, 5.41) is 9.49. The summed E-state index contributed by atoms with van der Waals surface area (Å²) >= 11 is 0. The third kappa shape index (κ3) is 4.03. The third-order valence-corrected chi connectivity index (χ3v) is 2.56. The van der Waals surface area contributed by atoms with Gasteiger partial charge in [0.1, 0.15) is 0 Å². The van der Waals surface area contributed by atoms with Gasteiger partial charge in [0.25, 0.3) is 5.91 Å². The summed E-state index contributed by atoms with van der Waals surface area (Å²) in [6.07, 6.45) is 0.888. The van der Waals surface area contributed by atoms with E-state index in [4.69, 9.17) is 5.73 Å². The Kier molecular flexibility index (Phi) is 5.41. The van der Waals surface area contributed by atoms with Crippen molar-refractivity contribution in [3.63, 3.8) is 0 Å². The number of aromatic nitrogens is 2. The van der Waals surface area contributed by atoms with Crippen LogP contribution < -0.4 is 11.1 Å². The minimum atomic E-state index is -0.344. The molecule has 0 saturated carbocycles. The van der Waals surface area contributed by atoms with Crippen molar-refractivity contribution in [3.8, 4) is 0 Å². The summed E-state index contributed by atoms with van der Waals surface area (Å²) in [6.45, 7) is 7.81. The lowest BCUT2D eigenvalue weighted by atomic mass is 10.3. The number of carbonyl (C=O) groups excluding carboxylic acids is 1. The molecule has 0 saturated heterocycles. The Morgan fingerprint density at radius 3 is 2.65 bits per heavy atom. The fourth-order valence-corrected chi connectivity index (χ4v) is 1.48. The van der Waals surface area contributed by atoms with E-state index in [0.717, 1.165) is 26.1 Å². The molecule has 96 valence electrons. The second-order valence-electron chi connectivity index (χ2n) is 3.63. The zero-order valence-corrected chi connectivity index (χ0v) is 10.3. The Morgan fingerprint density at radius 1 is 1.41 bits per heavy atom. The molecule has 7 nitrogen and oxygen atoms in total. The van der Waals surface area contributed by atoms with Crippen molar-refractivity contribution in [3.05, 3.63) is 5.69 Å². The van der Waals surface area contributed by atoms with Gasteiger partial charge in [-0.3, -0.25) is 4.79 Å². The average molecular weight is 241 g/mol. The van der Waals surface area contributed by atoms with E-state index in [1.807, 2.05) is 0 Å². The molecule has 3 N–H and O–H groups in total. The van der Waals surface area contributed by atoms with Crippen LogP contribution in [0.5, 0.6) is 0 Å². The highest BCUT2D eigenvalue weighted by atomic mass is 16.6. The molecule has 0 aliphatic heterocycles. The molecule has 1 aromatic heterocycles. The molecular weight excluding hydrogens is 222 g/mol. The van der Waals surface area contributed by atoms with Crippen LogP contribution in [-0.2, 0) is 0 Å². The molecule has 0 unspecified atom stereocenters. The molecule has 0 aliphatic carbocycles. The van der Waals surface area contributed by atoms with Crippen molar-refractivity contribution in [2.45, 2.75) is 20.3 Å². The Bertz CT molecular complexity index is 348. The minimum Gasteiger partial charge on any atom is -0.379 e. The van der Waals surface area contributed by atoms with E-state index in [2.05, 4.69) is 39.0 Å². The summed E-state index contributed by atoms with van der Waals surface area (Å²) < 4.78 is 4.35. The normalized spacial score (nSPS) is 10.8. The predicted molar refractivity (Wildman–Crippen MR) is 63.4 cm³/mol. The number of hydrogen-bond acceptors (Lipinski definition) is 6. The van der Waals surface area contributed by atoms with Gasteiger partial charge in [-0.15, -0.1) is 0 Å². The molecule has 1 aromatic rings. The Balaban J connectivity index is 2.23. The molecule has 1 rings (SSSR count). The Labute approximate surface area is 100 Å². The van der Waals surface area contributed by atoms with E-state index in [1.165, 1.54) is 0 Å². The largest absolute Gasteiger partial charge is 0.379 e. The summed E-state index contributed by atoms with van der Waals surface area (Å²) in [4.78, 5) is 13.8. The number of carbonyl (C=O) groups is 1. The van der Waals surface area contributed by atoms with Crippen LogP contribution in [-0.4, -0.2) is 47.3 Å². The third-order valence-electron chi connectivity index (χ3n) is 2.56. The fourth-order valence-electron chi connectivity index (χ4n) is 1.48. The van der Waals surface area contributed by atoms with Gasteiger partial charge in [-0.05, 0) is 36.4 Å². The van der Waals surface area contributed by atoms with Crippen LogP contribution in [0.25, 0.3) is 0 Å². The molecular formula is C10H19N5O2. The lowest BCUT2D eigenvalue weighted by Crippen LogP contribution is -2.30. The van der Waals surface area contributed by atoms with Gasteiger partial charge in [0.15, 0.2) is 0 Å². The van der Waals surface area contributed by atoms with Crippen LogP contribution in [0.2, 0.25) is 0 Å². The van der Waals surface area contributed by atoms with Crippen molar-refractivity contribution in [2.24, 2.45) is 0 Å². The van der Waals surface area contributed by atoms with Gasteiger partial charge in [-0.25, -0.2) is 4.63 Å². The summed E-state index contributed by atoms with van der Waals surface area (Å²) in [5.41, 5.74) is 5.45. The number of nitrogen functional groups attached to an aromatic ring is 1. The van der Waals surface area contributed by atoms with Gasteiger partial charge in [-0.1, -0.05) is 13.8 Å². The van der Waals surface area contributed by atoms with Crippen molar-refractivity contribution < 1.29 is 9.42 Å².